The minimum absolute atomic E-state index is 0.0467. The summed E-state index contributed by atoms with van der Waals surface area (Å²) in [6, 6.07) is 4.75. The van der Waals surface area contributed by atoms with E-state index in [2.05, 4.69) is 11.2 Å². The zero-order chi connectivity index (χ0) is 16.2. The second-order valence-electron chi connectivity index (χ2n) is 4.74. The summed E-state index contributed by atoms with van der Waals surface area (Å²) in [5.74, 6) is 1.94. The highest BCUT2D eigenvalue weighted by Crippen LogP contribution is 2.36. The molecule has 0 saturated carbocycles. The molecule has 0 aromatic heterocycles. The third-order valence-electron chi connectivity index (χ3n) is 3.13. The number of rotatable bonds is 4. The highest BCUT2D eigenvalue weighted by Gasteiger charge is 2.30. The SMILES string of the molecule is C#C[C@@H](NC(=O)c1cccc(SC(F)(F)F)c1)[C@H]1CCCO1. The number of alkyl halides is 3. The van der Waals surface area contributed by atoms with Gasteiger partial charge in [0, 0.05) is 17.1 Å². The Balaban J connectivity index is 2.05. The van der Waals surface area contributed by atoms with Crippen molar-refractivity contribution >= 4 is 17.7 Å². The fourth-order valence-corrected chi connectivity index (χ4v) is 2.77. The Morgan fingerprint density at radius 2 is 2.27 bits per heavy atom. The van der Waals surface area contributed by atoms with Gasteiger partial charge in [-0.1, -0.05) is 12.0 Å². The van der Waals surface area contributed by atoms with Crippen LogP contribution in [0.4, 0.5) is 13.2 Å². The Labute approximate surface area is 130 Å². The van der Waals surface area contributed by atoms with E-state index in [0.717, 1.165) is 12.8 Å². The van der Waals surface area contributed by atoms with Crippen LogP contribution in [0.15, 0.2) is 29.2 Å². The maximum absolute atomic E-state index is 12.4. The van der Waals surface area contributed by atoms with Crippen molar-refractivity contribution < 1.29 is 22.7 Å². The minimum atomic E-state index is -4.39. The third kappa shape index (κ3) is 4.68. The molecule has 0 spiro atoms. The van der Waals surface area contributed by atoms with Crippen molar-refractivity contribution in [1.82, 2.24) is 5.32 Å². The molecule has 1 fully saturated rings. The summed E-state index contributed by atoms with van der Waals surface area (Å²) in [6.45, 7) is 0.594. The zero-order valence-corrected chi connectivity index (χ0v) is 12.3. The number of terminal acetylenes is 1. The van der Waals surface area contributed by atoms with Gasteiger partial charge >= 0.3 is 5.51 Å². The average molecular weight is 329 g/mol. The number of benzene rings is 1. The molecule has 0 bridgehead atoms. The molecule has 1 aliphatic heterocycles. The van der Waals surface area contributed by atoms with Gasteiger partial charge in [-0.25, -0.2) is 0 Å². The fraction of sp³-hybridized carbons (Fsp3) is 0.400. The van der Waals surface area contributed by atoms with Gasteiger partial charge in [-0.05, 0) is 42.8 Å². The first kappa shape index (κ1) is 16.7. The first-order valence-electron chi connectivity index (χ1n) is 6.63. The van der Waals surface area contributed by atoms with E-state index in [-0.39, 0.29) is 28.3 Å². The average Bonchev–Trinajstić information content (AvgIpc) is 2.97. The molecule has 3 nitrogen and oxygen atoms in total. The lowest BCUT2D eigenvalue weighted by Gasteiger charge is -2.19. The van der Waals surface area contributed by atoms with Gasteiger partial charge in [0.05, 0.1) is 6.10 Å². The number of hydrogen-bond acceptors (Lipinski definition) is 3. The van der Waals surface area contributed by atoms with Gasteiger partial charge in [-0.2, -0.15) is 13.2 Å². The minimum Gasteiger partial charge on any atom is -0.375 e. The lowest BCUT2D eigenvalue weighted by molar-refractivity contribution is -0.0328. The van der Waals surface area contributed by atoms with E-state index in [4.69, 9.17) is 11.2 Å². The van der Waals surface area contributed by atoms with Crippen LogP contribution in [0.1, 0.15) is 23.2 Å². The van der Waals surface area contributed by atoms with Crippen LogP contribution in [-0.2, 0) is 4.74 Å². The van der Waals surface area contributed by atoms with Crippen LogP contribution in [0.25, 0.3) is 0 Å². The maximum Gasteiger partial charge on any atom is 0.446 e. The normalized spacial score (nSPS) is 19.5. The molecule has 7 heteroatoms. The molecule has 1 N–H and O–H groups in total. The standard InChI is InChI=1S/C15H14F3NO2S/c1-2-12(13-7-4-8-21-13)19-14(20)10-5-3-6-11(9-10)22-15(16,17)18/h1,3,5-6,9,12-13H,4,7-8H2,(H,19,20)/t12-,13-/m1/s1. The largest absolute Gasteiger partial charge is 0.446 e. The molecule has 22 heavy (non-hydrogen) atoms. The van der Waals surface area contributed by atoms with Gasteiger partial charge in [0.15, 0.2) is 0 Å². The summed E-state index contributed by atoms with van der Waals surface area (Å²) in [4.78, 5) is 12.1. The summed E-state index contributed by atoms with van der Waals surface area (Å²) < 4.78 is 42.5. The lowest BCUT2D eigenvalue weighted by atomic mass is 10.1. The Morgan fingerprint density at radius 1 is 1.50 bits per heavy atom. The molecular weight excluding hydrogens is 315 g/mol. The van der Waals surface area contributed by atoms with Gasteiger partial charge in [0.1, 0.15) is 6.04 Å². The quantitative estimate of drug-likeness (QED) is 0.681. The van der Waals surface area contributed by atoms with E-state index in [9.17, 15) is 18.0 Å². The van der Waals surface area contributed by atoms with Gasteiger partial charge in [-0.15, -0.1) is 6.42 Å². The summed E-state index contributed by atoms with van der Waals surface area (Å²) >= 11 is -0.263. The molecule has 118 valence electrons. The van der Waals surface area contributed by atoms with Gasteiger partial charge in [0.2, 0.25) is 0 Å². The second kappa shape index (κ2) is 7.07. The van der Waals surface area contributed by atoms with Crippen LogP contribution >= 0.6 is 11.8 Å². The molecule has 1 aliphatic rings. The molecule has 0 unspecified atom stereocenters. The fourth-order valence-electron chi connectivity index (χ4n) is 2.17. The molecule has 2 atom stereocenters. The van der Waals surface area contributed by atoms with Gasteiger partial charge < -0.3 is 10.1 Å². The zero-order valence-electron chi connectivity index (χ0n) is 11.5. The van der Waals surface area contributed by atoms with Crippen LogP contribution < -0.4 is 5.32 Å². The predicted octanol–water partition coefficient (Wildman–Crippen LogP) is 3.21. The molecule has 0 aliphatic carbocycles. The van der Waals surface area contributed by atoms with Crippen molar-refractivity contribution in [2.45, 2.75) is 35.4 Å². The Morgan fingerprint density at radius 3 is 2.86 bits per heavy atom. The monoisotopic (exact) mass is 329 g/mol. The van der Waals surface area contributed by atoms with Crippen molar-refractivity contribution in [2.24, 2.45) is 0 Å². The summed E-state index contributed by atoms with van der Waals surface area (Å²) in [6.07, 6.45) is 6.77. The number of nitrogens with one attached hydrogen (secondary N) is 1. The molecule has 0 radical (unpaired) electrons. The van der Waals surface area contributed by atoms with Crippen molar-refractivity contribution in [3.05, 3.63) is 29.8 Å². The van der Waals surface area contributed by atoms with Crippen LogP contribution in [0.2, 0.25) is 0 Å². The molecule has 2 rings (SSSR count). The predicted molar refractivity (Wildman–Crippen MR) is 77.4 cm³/mol. The van der Waals surface area contributed by atoms with Crippen LogP contribution in [0, 0.1) is 12.3 Å². The number of halogens is 3. The molecular formula is C15H14F3NO2S. The van der Waals surface area contributed by atoms with Crippen LogP contribution in [-0.4, -0.2) is 30.2 Å². The number of amides is 1. The van der Waals surface area contributed by atoms with E-state index in [1.54, 1.807) is 0 Å². The third-order valence-corrected chi connectivity index (χ3v) is 3.85. The smallest absolute Gasteiger partial charge is 0.375 e. The Bertz CT molecular complexity index is 577. The number of hydrogen-bond donors (Lipinski definition) is 1. The van der Waals surface area contributed by atoms with E-state index in [1.807, 2.05) is 0 Å². The highest BCUT2D eigenvalue weighted by atomic mass is 32.2. The molecule has 1 amide bonds. The molecule has 1 saturated heterocycles. The van der Waals surface area contributed by atoms with Crippen molar-refractivity contribution in [1.29, 1.82) is 0 Å². The Hall–Kier alpha value is -1.65. The maximum atomic E-state index is 12.4. The van der Waals surface area contributed by atoms with E-state index < -0.39 is 17.5 Å². The van der Waals surface area contributed by atoms with Gasteiger partial charge in [-0.3, -0.25) is 4.79 Å². The number of carbonyl (C=O) groups is 1. The van der Waals surface area contributed by atoms with E-state index >= 15 is 0 Å². The number of carbonyl (C=O) groups excluding carboxylic acids is 1. The van der Waals surface area contributed by atoms with Crippen molar-refractivity contribution in [3.8, 4) is 12.3 Å². The van der Waals surface area contributed by atoms with Crippen LogP contribution in [0.3, 0.4) is 0 Å². The summed E-state index contributed by atoms with van der Waals surface area (Å²) in [5.41, 5.74) is -4.26. The van der Waals surface area contributed by atoms with Crippen molar-refractivity contribution in [3.63, 3.8) is 0 Å². The first-order valence-corrected chi connectivity index (χ1v) is 7.45. The number of ether oxygens (including phenoxy) is 1. The topological polar surface area (TPSA) is 38.3 Å². The Kier molecular flexibility index (Phi) is 5.37. The summed E-state index contributed by atoms with van der Waals surface area (Å²) in [7, 11) is 0. The van der Waals surface area contributed by atoms with Crippen molar-refractivity contribution in [2.75, 3.05) is 6.61 Å². The summed E-state index contributed by atoms with van der Waals surface area (Å²) in [5, 5.41) is 2.62. The van der Waals surface area contributed by atoms with E-state index in [1.165, 1.54) is 24.3 Å². The molecule has 1 heterocycles. The molecule has 1 aromatic rings. The van der Waals surface area contributed by atoms with Gasteiger partial charge in [0.25, 0.3) is 5.91 Å². The van der Waals surface area contributed by atoms with Crippen LogP contribution in [0.5, 0.6) is 0 Å². The second-order valence-corrected chi connectivity index (χ2v) is 5.88. The highest BCUT2D eigenvalue weighted by molar-refractivity contribution is 8.00. The molecule has 1 aromatic carbocycles. The first-order chi connectivity index (χ1) is 10.4. The van der Waals surface area contributed by atoms with E-state index in [0.29, 0.717) is 6.61 Å². The lowest BCUT2D eigenvalue weighted by Crippen LogP contribution is -2.42. The number of thioether (sulfide) groups is 1.